The molecule has 0 saturated carbocycles. The van der Waals surface area contributed by atoms with Crippen LogP contribution in [0, 0.1) is 0 Å². The Balaban J connectivity index is 2.72. The molecule has 0 bridgehead atoms. The molecule has 1 aromatic rings. The molecule has 0 aliphatic carbocycles. The lowest BCUT2D eigenvalue weighted by Gasteiger charge is -1.94. The van der Waals surface area contributed by atoms with Crippen LogP contribution in [0.3, 0.4) is 0 Å². The number of nitrogens with one attached hydrogen (secondary N) is 1. The van der Waals surface area contributed by atoms with Gasteiger partial charge in [-0.2, -0.15) is 10.2 Å². The lowest BCUT2D eigenvalue weighted by molar-refractivity contribution is 1.08. The lowest BCUT2D eigenvalue weighted by Crippen LogP contribution is -1.90. The molecule has 4 heteroatoms. The molecule has 0 aliphatic rings. The summed E-state index contributed by atoms with van der Waals surface area (Å²) in [7, 11) is 1.83. The summed E-state index contributed by atoms with van der Waals surface area (Å²) in [5.41, 5.74) is 7.88. The van der Waals surface area contributed by atoms with Crippen LogP contribution in [0.25, 0.3) is 0 Å². The van der Waals surface area contributed by atoms with Crippen molar-refractivity contribution in [3.63, 3.8) is 0 Å². The molecule has 0 atom stereocenters. The molecule has 0 amide bonds. The van der Waals surface area contributed by atoms with Crippen LogP contribution < -0.4 is 11.1 Å². The SMILES string of the molecule is C/C=C(\C=C/NC)N=Nc1ccc(N)cc1. The molecule has 3 N–H and O–H groups in total. The molecule has 0 radical (unpaired) electrons. The Hall–Kier alpha value is -2.10. The number of nitrogen functional groups attached to an aromatic ring is 1. The van der Waals surface area contributed by atoms with Crippen molar-refractivity contribution in [1.82, 2.24) is 5.32 Å². The van der Waals surface area contributed by atoms with Crippen molar-refractivity contribution in [2.24, 2.45) is 10.2 Å². The van der Waals surface area contributed by atoms with Crippen LogP contribution >= 0.6 is 0 Å². The molecule has 1 aromatic carbocycles. The van der Waals surface area contributed by atoms with Crippen LogP contribution in [0.1, 0.15) is 6.92 Å². The molecule has 16 heavy (non-hydrogen) atoms. The first-order valence-electron chi connectivity index (χ1n) is 5.03. The maximum atomic E-state index is 5.57. The summed E-state index contributed by atoms with van der Waals surface area (Å²) in [4.78, 5) is 0. The predicted molar refractivity (Wildman–Crippen MR) is 67.3 cm³/mol. The fourth-order valence-corrected chi connectivity index (χ4v) is 1.01. The maximum Gasteiger partial charge on any atom is 0.0858 e. The molecule has 0 fully saturated rings. The minimum absolute atomic E-state index is 0.722. The van der Waals surface area contributed by atoms with Gasteiger partial charge >= 0.3 is 0 Å². The third-order valence-electron chi connectivity index (χ3n) is 1.89. The smallest absolute Gasteiger partial charge is 0.0858 e. The minimum atomic E-state index is 0.722. The number of hydrogen-bond acceptors (Lipinski definition) is 4. The third kappa shape index (κ3) is 3.96. The van der Waals surface area contributed by atoms with Gasteiger partial charge in [0.25, 0.3) is 0 Å². The maximum absolute atomic E-state index is 5.57. The van der Waals surface area contributed by atoms with Gasteiger partial charge in [0, 0.05) is 12.7 Å². The van der Waals surface area contributed by atoms with E-state index in [0.717, 1.165) is 17.1 Å². The molecule has 84 valence electrons. The second-order valence-electron chi connectivity index (χ2n) is 3.13. The fraction of sp³-hybridized carbons (Fsp3) is 0.167. The molecule has 0 saturated heterocycles. The van der Waals surface area contributed by atoms with Crippen LogP contribution in [0.4, 0.5) is 11.4 Å². The van der Waals surface area contributed by atoms with Crippen molar-refractivity contribution in [2.45, 2.75) is 6.92 Å². The topological polar surface area (TPSA) is 62.8 Å². The highest BCUT2D eigenvalue weighted by atomic mass is 15.1. The fourth-order valence-electron chi connectivity index (χ4n) is 1.01. The zero-order valence-corrected chi connectivity index (χ0v) is 9.51. The zero-order chi connectivity index (χ0) is 11.8. The Bertz CT molecular complexity index is 402. The average molecular weight is 216 g/mol. The van der Waals surface area contributed by atoms with Crippen molar-refractivity contribution in [3.05, 3.63) is 48.3 Å². The standard InChI is InChI=1S/C12H16N4/c1-3-11(8-9-14-2)15-16-12-6-4-10(13)5-7-12/h3-9,14H,13H2,1-2H3/b9-8-,11-3+,16-15?. The Labute approximate surface area is 95.6 Å². The van der Waals surface area contributed by atoms with E-state index >= 15 is 0 Å². The van der Waals surface area contributed by atoms with Gasteiger partial charge in [-0.05, 0) is 43.5 Å². The van der Waals surface area contributed by atoms with Gasteiger partial charge in [-0.3, -0.25) is 0 Å². The first-order chi connectivity index (χ1) is 7.76. The number of nitrogens with two attached hydrogens (primary N) is 1. The molecule has 0 unspecified atom stereocenters. The van der Waals surface area contributed by atoms with E-state index in [1.807, 2.05) is 38.3 Å². The van der Waals surface area contributed by atoms with Crippen LogP contribution in [0.2, 0.25) is 0 Å². The van der Waals surface area contributed by atoms with E-state index in [4.69, 9.17) is 5.73 Å². The average Bonchev–Trinajstić information content (AvgIpc) is 2.32. The third-order valence-corrected chi connectivity index (χ3v) is 1.89. The van der Waals surface area contributed by atoms with Crippen LogP contribution in [-0.2, 0) is 0 Å². The first kappa shape index (κ1) is 12.0. The number of rotatable bonds is 4. The van der Waals surface area contributed by atoms with E-state index in [0.29, 0.717) is 0 Å². The summed E-state index contributed by atoms with van der Waals surface area (Å²) in [5.74, 6) is 0. The quantitative estimate of drug-likeness (QED) is 0.461. The predicted octanol–water partition coefficient (Wildman–Crippen LogP) is 2.99. The molecular formula is C12H16N4. The van der Waals surface area contributed by atoms with Crippen molar-refractivity contribution >= 4 is 11.4 Å². The number of azo groups is 1. The summed E-state index contributed by atoms with van der Waals surface area (Å²) >= 11 is 0. The van der Waals surface area contributed by atoms with Gasteiger partial charge in [0.15, 0.2) is 0 Å². The summed E-state index contributed by atoms with van der Waals surface area (Å²) in [6.07, 6.45) is 5.53. The summed E-state index contributed by atoms with van der Waals surface area (Å²) in [5, 5.41) is 11.1. The Morgan fingerprint density at radius 1 is 1.31 bits per heavy atom. The molecular weight excluding hydrogens is 200 g/mol. The largest absolute Gasteiger partial charge is 0.399 e. The molecule has 0 aliphatic heterocycles. The Morgan fingerprint density at radius 3 is 2.56 bits per heavy atom. The molecule has 0 heterocycles. The van der Waals surface area contributed by atoms with E-state index in [1.54, 1.807) is 18.3 Å². The number of anilines is 1. The van der Waals surface area contributed by atoms with Gasteiger partial charge in [-0.1, -0.05) is 6.08 Å². The van der Waals surface area contributed by atoms with Gasteiger partial charge < -0.3 is 11.1 Å². The van der Waals surface area contributed by atoms with Gasteiger partial charge in [-0.15, -0.1) is 0 Å². The molecule has 0 aromatic heterocycles. The van der Waals surface area contributed by atoms with E-state index in [1.165, 1.54) is 0 Å². The molecule has 4 nitrogen and oxygen atoms in total. The first-order valence-corrected chi connectivity index (χ1v) is 5.03. The molecule has 1 rings (SSSR count). The second-order valence-corrected chi connectivity index (χ2v) is 3.13. The van der Waals surface area contributed by atoms with E-state index < -0.39 is 0 Å². The highest BCUT2D eigenvalue weighted by Crippen LogP contribution is 2.15. The van der Waals surface area contributed by atoms with Gasteiger partial charge in [0.05, 0.1) is 11.4 Å². The summed E-state index contributed by atoms with van der Waals surface area (Å²) in [6.45, 7) is 1.91. The summed E-state index contributed by atoms with van der Waals surface area (Å²) < 4.78 is 0. The van der Waals surface area contributed by atoms with Crippen LogP contribution in [0.5, 0.6) is 0 Å². The van der Waals surface area contributed by atoms with Crippen molar-refractivity contribution in [3.8, 4) is 0 Å². The zero-order valence-electron chi connectivity index (χ0n) is 9.51. The number of benzene rings is 1. The Kier molecular flexibility index (Phi) is 4.79. The lowest BCUT2D eigenvalue weighted by atomic mass is 10.3. The van der Waals surface area contributed by atoms with Gasteiger partial charge in [0.2, 0.25) is 0 Å². The van der Waals surface area contributed by atoms with Gasteiger partial charge in [0.1, 0.15) is 0 Å². The van der Waals surface area contributed by atoms with Gasteiger partial charge in [-0.25, -0.2) is 0 Å². The highest BCUT2D eigenvalue weighted by Gasteiger charge is 1.89. The van der Waals surface area contributed by atoms with E-state index in [2.05, 4.69) is 15.5 Å². The van der Waals surface area contributed by atoms with Crippen molar-refractivity contribution in [2.75, 3.05) is 12.8 Å². The highest BCUT2D eigenvalue weighted by molar-refractivity contribution is 5.47. The van der Waals surface area contributed by atoms with E-state index in [9.17, 15) is 0 Å². The Morgan fingerprint density at radius 2 is 2.00 bits per heavy atom. The number of allylic oxidation sites excluding steroid dienone is 2. The number of nitrogens with zero attached hydrogens (tertiary/aromatic N) is 2. The van der Waals surface area contributed by atoms with Crippen molar-refractivity contribution in [1.29, 1.82) is 0 Å². The van der Waals surface area contributed by atoms with Crippen molar-refractivity contribution < 1.29 is 0 Å². The number of hydrogen-bond donors (Lipinski definition) is 2. The van der Waals surface area contributed by atoms with E-state index in [-0.39, 0.29) is 0 Å². The normalized spacial score (nSPS) is 12.5. The second kappa shape index (κ2) is 6.40. The van der Waals surface area contributed by atoms with Crippen LogP contribution in [-0.4, -0.2) is 7.05 Å². The summed E-state index contributed by atoms with van der Waals surface area (Å²) in [6, 6.07) is 7.25. The minimum Gasteiger partial charge on any atom is -0.399 e. The van der Waals surface area contributed by atoms with Crippen LogP contribution in [0.15, 0.2) is 58.5 Å². The molecule has 0 spiro atoms. The monoisotopic (exact) mass is 216 g/mol.